The average Bonchev–Trinajstić information content (AvgIpc) is 3.10. The molecule has 1 atom stereocenters. The smallest absolute Gasteiger partial charge is 0.338 e. The number of ether oxygens (including phenoxy) is 1. The van der Waals surface area contributed by atoms with Gasteiger partial charge in [-0.25, -0.2) is 4.79 Å². The Morgan fingerprint density at radius 1 is 0.970 bits per heavy atom. The quantitative estimate of drug-likeness (QED) is 0.274. The van der Waals surface area contributed by atoms with Crippen LogP contribution in [0, 0.1) is 0 Å². The maximum Gasteiger partial charge on any atom is 0.338 e. The molecule has 1 aromatic heterocycles. The molecule has 3 aromatic rings. The van der Waals surface area contributed by atoms with E-state index in [0.717, 1.165) is 0 Å². The van der Waals surface area contributed by atoms with Gasteiger partial charge in [0.1, 0.15) is 5.76 Å². The van der Waals surface area contributed by atoms with E-state index < -0.39 is 23.7 Å². The number of pyridine rings is 1. The molecule has 1 fully saturated rings. The van der Waals surface area contributed by atoms with Gasteiger partial charge in [0.2, 0.25) is 0 Å². The van der Waals surface area contributed by atoms with Crippen molar-refractivity contribution in [3.63, 3.8) is 0 Å². The van der Waals surface area contributed by atoms with Gasteiger partial charge in [0.05, 0.1) is 23.3 Å². The molecule has 2 heterocycles. The van der Waals surface area contributed by atoms with Crippen molar-refractivity contribution >= 4 is 29.1 Å². The number of hydrogen-bond donors (Lipinski definition) is 1. The van der Waals surface area contributed by atoms with Crippen LogP contribution in [0.4, 0.5) is 5.69 Å². The molecule has 1 aliphatic heterocycles. The molecule has 0 aliphatic carbocycles. The predicted octanol–water partition coefficient (Wildman–Crippen LogP) is 4.27. The lowest BCUT2D eigenvalue weighted by atomic mass is 9.95. The fourth-order valence-corrected chi connectivity index (χ4v) is 3.78. The van der Waals surface area contributed by atoms with Crippen molar-refractivity contribution in [3.8, 4) is 0 Å². The number of Topliss-reactive ketones (excluding diaryl/α,β-unsaturated/α-hetero) is 1. The van der Waals surface area contributed by atoms with Crippen molar-refractivity contribution in [2.24, 2.45) is 0 Å². The summed E-state index contributed by atoms with van der Waals surface area (Å²) in [5, 5.41) is 11.0. The van der Waals surface area contributed by atoms with Crippen LogP contribution in [0.25, 0.3) is 5.76 Å². The minimum absolute atomic E-state index is 0.0347. The first-order chi connectivity index (χ1) is 15.9. The molecule has 33 heavy (non-hydrogen) atoms. The van der Waals surface area contributed by atoms with Crippen LogP contribution in [0.2, 0.25) is 0 Å². The lowest BCUT2D eigenvalue weighted by Gasteiger charge is -2.25. The first kappa shape index (κ1) is 22.0. The summed E-state index contributed by atoms with van der Waals surface area (Å²) in [4.78, 5) is 44.1. The van der Waals surface area contributed by atoms with Gasteiger partial charge in [0, 0.05) is 23.6 Å². The molecule has 1 N–H and O–H groups in total. The van der Waals surface area contributed by atoms with Crippen molar-refractivity contribution in [2.45, 2.75) is 26.0 Å². The number of amides is 1. The van der Waals surface area contributed by atoms with Crippen LogP contribution >= 0.6 is 0 Å². The Hall–Kier alpha value is -4.26. The summed E-state index contributed by atoms with van der Waals surface area (Å²) in [6, 6.07) is 17.4. The van der Waals surface area contributed by atoms with E-state index in [1.807, 2.05) is 0 Å². The molecule has 7 nitrogen and oxygen atoms in total. The average molecular weight is 442 g/mol. The van der Waals surface area contributed by atoms with Crippen LogP contribution in [0.15, 0.2) is 84.7 Å². The summed E-state index contributed by atoms with van der Waals surface area (Å²) in [6.07, 6.45) is 2.79. The standard InChI is InChI=1S/C26H22N2O5/c1-16(2)33-26(32)19-9-6-10-20(15-19)28-22(17-11-13-27-14-12-17)21(24(30)25(28)31)23(29)18-7-4-3-5-8-18/h3-16,22,29H,1-2H3/b23-21+. The van der Waals surface area contributed by atoms with Crippen LogP contribution in [-0.2, 0) is 14.3 Å². The van der Waals surface area contributed by atoms with Crippen molar-refractivity contribution in [3.05, 3.63) is 101 Å². The molecular weight excluding hydrogens is 420 g/mol. The van der Waals surface area contributed by atoms with Crippen molar-refractivity contribution in [2.75, 3.05) is 4.90 Å². The Labute approximate surface area is 191 Å². The summed E-state index contributed by atoms with van der Waals surface area (Å²) in [5.41, 5.74) is 1.57. The molecule has 166 valence electrons. The number of aromatic nitrogens is 1. The minimum atomic E-state index is -0.899. The molecule has 1 aliphatic rings. The zero-order valence-electron chi connectivity index (χ0n) is 18.1. The number of hydrogen-bond acceptors (Lipinski definition) is 6. The van der Waals surface area contributed by atoms with Crippen LogP contribution in [0.3, 0.4) is 0 Å². The highest BCUT2D eigenvalue weighted by molar-refractivity contribution is 6.51. The minimum Gasteiger partial charge on any atom is -0.507 e. The summed E-state index contributed by atoms with van der Waals surface area (Å²) in [7, 11) is 0. The van der Waals surface area contributed by atoms with Crippen LogP contribution in [-0.4, -0.2) is 33.9 Å². The van der Waals surface area contributed by atoms with Crippen LogP contribution in [0.1, 0.15) is 41.4 Å². The molecule has 1 amide bonds. The Kier molecular flexibility index (Phi) is 6.04. The summed E-state index contributed by atoms with van der Waals surface area (Å²) < 4.78 is 5.26. The number of aliphatic hydroxyl groups is 1. The van der Waals surface area contributed by atoms with Crippen molar-refractivity contribution in [1.82, 2.24) is 4.98 Å². The first-order valence-corrected chi connectivity index (χ1v) is 10.5. The van der Waals surface area contributed by atoms with Crippen LogP contribution in [0.5, 0.6) is 0 Å². The number of anilines is 1. The Morgan fingerprint density at radius 3 is 2.30 bits per heavy atom. The third-order valence-electron chi connectivity index (χ3n) is 5.22. The number of nitrogens with zero attached hydrogens (tertiary/aromatic N) is 2. The normalized spacial score (nSPS) is 17.4. The molecule has 2 aromatic carbocycles. The van der Waals surface area contributed by atoms with E-state index >= 15 is 0 Å². The zero-order chi connectivity index (χ0) is 23.5. The molecule has 0 bridgehead atoms. The Bertz CT molecular complexity index is 1240. The van der Waals surface area contributed by atoms with E-state index in [1.54, 1.807) is 86.9 Å². The molecule has 7 heteroatoms. The summed E-state index contributed by atoms with van der Waals surface area (Å²) in [6.45, 7) is 3.49. The van der Waals surface area contributed by atoms with Gasteiger partial charge in [-0.2, -0.15) is 0 Å². The second-order valence-electron chi connectivity index (χ2n) is 7.82. The topological polar surface area (TPSA) is 96.8 Å². The zero-order valence-corrected chi connectivity index (χ0v) is 18.1. The second-order valence-corrected chi connectivity index (χ2v) is 7.82. The third-order valence-corrected chi connectivity index (χ3v) is 5.22. The van der Waals surface area contributed by atoms with E-state index in [9.17, 15) is 19.5 Å². The van der Waals surface area contributed by atoms with E-state index in [1.165, 1.54) is 11.0 Å². The van der Waals surface area contributed by atoms with Crippen molar-refractivity contribution < 1.29 is 24.2 Å². The molecule has 0 saturated carbocycles. The maximum absolute atomic E-state index is 13.2. The first-order valence-electron chi connectivity index (χ1n) is 10.5. The molecule has 0 spiro atoms. The molecule has 1 saturated heterocycles. The Balaban J connectivity index is 1.87. The molecule has 4 rings (SSSR count). The summed E-state index contributed by atoms with van der Waals surface area (Å²) in [5.74, 6) is -2.42. The van der Waals surface area contributed by atoms with Gasteiger partial charge >= 0.3 is 5.97 Å². The molecule has 1 unspecified atom stereocenters. The number of aliphatic hydroxyl groups excluding tert-OH is 1. The monoisotopic (exact) mass is 442 g/mol. The highest BCUT2D eigenvalue weighted by Crippen LogP contribution is 2.42. The van der Waals surface area contributed by atoms with E-state index in [2.05, 4.69) is 4.98 Å². The largest absolute Gasteiger partial charge is 0.507 e. The SMILES string of the molecule is CC(C)OC(=O)c1cccc(N2C(=O)C(=O)/C(=C(/O)c3ccccc3)C2c2ccncc2)c1. The maximum atomic E-state index is 13.2. The number of benzene rings is 2. The fraction of sp³-hybridized carbons (Fsp3) is 0.154. The van der Waals surface area contributed by atoms with Gasteiger partial charge in [-0.1, -0.05) is 36.4 Å². The van der Waals surface area contributed by atoms with Gasteiger partial charge in [0.15, 0.2) is 0 Å². The number of carbonyl (C=O) groups is 3. The predicted molar refractivity (Wildman–Crippen MR) is 122 cm³/mol. The highest BCUT2D eigenvalue weighted by atomic mass is 16.5. The Morgan fingerprint density at radius 2 is 1.64 bits per heavy atom. The van der Waals surface area contributed by atoms with E-state index in [4.69, 9.17) is 4.74 Å². The van der Waals surface area contributed by atoms with Gasteiger partial charge in [-0.3, -0.25) is 19.5 Å². The number of rotatable bonds is 5. The van der Waals surface area contributed by atoms with E-state index in [0.29, 0.717) is 16.8 Å². The number of esters is 1. The second kappa shape index (κ2) is 9.08. The highest BCUT2D eigenvalue weighted by Gasteiger charge is 2.47. The lowest BCUT2D eigenvalue weighted by molar-refractivity contribution is -0.132. The number of ketones is 1. The van der Waals surface area contributed by atoms with Gasteiger partial charge in [-0.05, 0) is 49.7 Å². The van der Waals surface area contributed by atoms with Crippen LogP contribution < -0.4 is 4.90 Å². The summed E-state index contributed by atoms with van der Waals surface area (Å²) >= 11 is 0. The number of carbonyl (C=O) groups excluding carboxylic acids is 3. The fourth-order valence-electron chi connectivity index (χ4n) is 3.78. The lowest BCUT2D eigenvalue weighted by Crippen LogP contribution is -2.29. The molecule has 0 radical (unpaired) electrons. The van der Waals surface area contributed by atoms with Gasteiger partial charge in [-0.15, -0.1) is 0 Å². The molecular formula is C26H22N2O5. The van der Waals surface area contributed by atoms with Crippen molar-refractivity contribution in [1.29, 1.82) is 0 Å². The van der Waals surface area contributed by atoms with Gasteiger partial charge < -0.3 is 9.84 Å². The van der Waals surface area contributed by atoms with E-state index in [-0.39, 0.29) is 23.0 Å². The van der Waals surface area contributed by atoms with Gasteiger partial charge in [0.25, 0.3) is 11.7 Å². The third kappa shape index (κ3) is 4.25.